The Morgan fingerprint density at radius 2 is 1.73 bits per heavy atom. The number of carbonyl (C=O) groups is 3. The van der Waals surface area contributed by atoms with Gasteiger partial charge in [0.25, 0.3) is 5.91 Å². The number of carboxylic acids is 1. The highest BCUT2D eigenvalue weighted by molar-refractivity contribution is 5.88. The van der Waals surface area contributed by atoms with Gasteiger partial charge in [-0.25, -0.2) is 4.79 Å². The molecule has 1 heterocycles. The second-order valence-electron chi connectivity index (χ2n) is 7.38. The van der Waals surface area contributed by atoms with Crippen LogP contribution in [0.25, 0.3) is 11.0 Å². The number of amides is 2. The molecule has 0 unspecified atom stereocenters. The molecule has 1 aromatic carbocycles. The average molecular weight is 417 g/mol. The number of hydrogen-bond acceptors (Lipinski definition) is 7. The maximum Gasteiger partial charge on any atom is 0.339 e. The summed E-state index contributed by atoms with van der Waals surface area (Å²) in [4.78, 5) is 46.8. The van der Waals surface area contributed by atoms with Crippen LogP contribution in [0.1, 0.15) is 30.5 Å². The van der Waals surface area contributed by atoms with Gasteiger partial charge < -0.3 is 29.7 Å². The number of benzene rings is 1. The van der Waals surface area contributed by atoms with Crippen molar-refractivity contribution >= 4 is 28.8 Å². The SMILES string of the molecule is Cc1c(C)c2ccc(OCC(=O)NCC(=O)N[C@H](C(=O)[O-])C(C)C)c(C)c2oc1=O. The molecule has 0 radical (unpaired) electrons. The Balaban J connectivity index is 1.98. The van der Waals surface area contributed by atoms with Gasteiger partial charge in [0, 0.05) is 16.5 Å². The molecule has 2 aromatic rings. The van der Waals surface area contributed by atoms with E-state index in [4.69, 9.17) is 9.15 Å². The summed E-state index contributed by atoms with van der Waals surface area (Å²) < 4.78 is 10.9. The molecule has 1 atom stereocenters. The van der Waals surface area contributed by atoms with E-state index in [0.29, 0.717) is 22.5 Å². The summed E-state index contributed by atoms with van der Waals surface area (Å²) in [6.07, 6.45) is 0. The van der Waals surface area contributed by atoms with Crippen LogP contribution < -0.4 is 26.1 Å². The van der Waals surface area contributed by atoms with Gasteiger partial charge in [-0.15, -0.1) is 0 Å². The van der Waals surface area contributed by atoms with Gasteiger partial charge in [-0.2, -0.15) is 0 Å². The number of carboxylic acid groups (broad SMARTS) is 1. The van der Waals surface area contributed by atoms with Crippen molar-refractivity contribution < 1.29 is 28.6 Å². The van der Waals surface area contributed by atoms with E-state index in [2.05, 4.69) is 10.6 Å². The number of ether oxygens (including phenoxy) is 1. The maximum absolute atomic E-state index is 12.0. The molecule has 0 spiro atoms. The van der Waals surface area contributed by atoms with Crippen LogP contribution in [0.4, 0.5) is 0 Å². The Morgan fingerprint density at radius 3 is 2.33 bits per heavy atom. The fourth-order valence-electron chi connectivity index (χ4n) is 2.88. The van der Waals surface area contributed by atoms with E-state index >= 15 is 0 Å². The molecule has 0 bridgehead atoms. The van der Waals surface area contributed by atoms with E-state index in [1.54, 1.807) is 39.8 Å². The smallest absolute Gasteiger partial charge is 0.339 e. The van der Waals surface area contributed by atoms with Gasteiger partial charge in [-0.3, -0.25) is 9.59 Å². The van der Waals surface area contributed by atoms with Gasteiger partial charge in [0.15, 0.2) is 6.61 Å². The van der Waals surface area contributed by atoms with Crippen LogP contribution in [0.2, 0.25) is 0 Å². The fraction of sp³-hybridized carbons (Fsp3) is 0.429. The number of hydrogen-bond donors (Lipinski definition) is 2. The van der Waals surface area contributed by atoms with Crippen LogP contribution in [0.15, 0.2) is 21.3 Å². The quantitative estimate of drug-likeness (QED) is 0.581. The lowest BCUT2D eigenvalue weighted by Crippen LogP contribution is -2.53. The number of aliphatic carboxylic acids is 1. The lowest BCUT2D eigenvalue weighted by Gasteiger charge is -2.23. The van der Waals surface area contributed by atoms with Gasteiger partial charge in [0.2, 0.25) is 5.91 Å². The summed E-state index contributed by atoms with van der Waals surface area (Å²) in [7, 11) is 0. The van der Waals surface area contributed by atoms with Gasteiger partial charge >= 0.3 is 5.63 Å². The molecule has 0 aliphatic heterocycles. The molecule has 0 aliphatic carbocycles. The van der Waals surface area contributed by atoms with E-state index in [9.17, 15) is 24.3 Å². The largest absolute Gasteiger partial charge is 0.548 e. The lowest BCUT2D eigenvalue weighted by molar-refractivity contribution is -0.309. The molecule has 9 heteroatoms. The first kappa shape index (κ1) is 22.9. The van der Waals surface area contributed by atoms with E-state index in [1.807, 2.05) is 6.92 Å². The zero-order valence-electron chi connectivity index (χ0n) is 17.6. The first-order chi connectivity index (χ1) is 14.0. The molecule has 30 heavy (non-hydrogen) atoms. The summed E-state index contributed by atoms with van der Waals surface area (Å²) in [6, 6.07) is 2.28. The Morgan fingerprint density at radius 1 is 1.07 bits per heavy atom. The van der Waals surface area contributed by atoms with Crippen LogP contribution >= 0.6 is 0 Å². The van der Waals surface area contributed by atoms with Crippen molar-refractivity contribution in [1.29, 1.82) is 0 Å². The third-order valence-corrected chi connectivity index (χ3v) is 4.87. The molecule has 0 fully saturated rings. The highest BCUT2D eigenvalue weighted by Crippen LogP contribution is 2.29. The summed E-state index contributed by atoms with van der Waals surface area (Å²) in [5, 5.41) is 16.4. The Kier molecular flexibility index (Phi) is 7.20. The summed E-state index contributed by atoms with van der Waals surface area (Å²) in [6.45, 7) is 7.72. The molecule has 9 nitrogen and oxygen atoms in total. The van der Waals surface area contributed by atoms with Crippen molar-refractivity contribution in [1.82, 2.24) is 10.6 Å². The molecule has 162 valence electrons. The van der Waals surface area contributed by atoms with Crippen molar-refractivity contribution in [3.8, 4) is 5.75 Å². The first-order valence-corrected chi connectivity index (χ1v) is 9.46. The van der Waals surface area contributed by atoms with Crippen LogP contribution in [0.5, 0.6) is 5.75 Å². The highest BCUT2D eigenvalue weighted by atomic mass is 16.5. The van der Waals surface area contributed by atoms with Crippen LogP contribution in [0.3, 0.4) is 0 Å². The van der Waals surface area contributed by atoms with Crippen LogP contribution in [-0.2, 0) is 14.4 Å². The number of fused-ring (bicyclic) bond motifs is 1. The summed E-state index contributed by atoms with van der Waals surface area (Å²) in [5.74, 6) is -2.61. The van der Waals surface area contributed by atoms with Gasteiger partial charge in [0.1, 0.15) is 11.3 Å². The fourth-order valence-corrected chi connectivity index (χ4v) is 2.88. The molecule has 2 amide bonds. The van der Waals surface area contributed by atoms with Gasteiger partial charge in [0.05, 0.1) is 18.6 Å². The molecule has 2 N–H and O–H groups in total. The standard InChI is InChI=1S/C21H26N2O7/c1-10(2)18(20(26)27)23-16(24)8-22-17(25)9-29-15-7-6-14-11(3)12(4)21(28)30-19(14)13(15)5/h6-7,10,18H,8-9H2,1-5H3,(H,22,25)(H,23,24)(H,26,27)/p-1/t18-/m0/s1. The predicted molar refractivity (Wildman–Crippen MR) is 107 cm³/mol. The number of nitrogens with one attached hydrogen (secondary N) is 2. The summed E-state index contributed by atoms with van der Waals surface area (Å²) in [5.41, 5.74) is 1.89. The Labute approximate surface area is 173 Å². The lowest BCUT2D eigenvalue weighted by atomic mass is 10.0. The topological polar surface area (TPSA) is 138 Å². The molecule has 0 saturated heterocycles. The van der Waals surface area contributed by atoms with Crippen LogP contribution in [0, 0.1) is 26.7 Å². The van der Waals surface area contributed by atoms with Crippen molar-refractivity contribution in [2.75, 3.05) is 13.2 Å². The van der Waals surface area contributed by atoms with Gasteiger partial charge in [-0.05, 0) is 44.4 Å². The Hall–Kier alpha value is -3.36. The number of carbonyl (C=O) groups excluding carboxylic acids is 3. The van der Waals surface area contributed by atoms with Crippen molar-refractivity contribution in [2.24, 2.45) is 5.92 Å². The summed E-state index contributed by atoms with van der Waals surface area (Å²) >= 11 is 0. The zero-order valence-corrected chi connectivity index (χ0v) is 17.6. The third kappa shape index (κ3) is 5.16. The molecule has 2 rings (SSSR count). The maximum atomic E-state index is 12.0. The zero-order chi connectivity index (χ0) is 22.6. The van der Waals surface area contributed by atoms with E-state index in [-0.39, 0.29) is 12.5 Å². The molecule has 0 saturated carbocycles. The normalized spacial score (nSPS) is 11.9. The van der Waals surface area contributed by atoms with E-state index in [0.717, 1.165) is 10.9 Å². The minimum atomic E-state index is -1.39. The number of aryl methyl sites for hydroxylation is 2. The van der Waals surface area contributed by atoms with Crippen LogP contribution in [-0.4, -0.2) is 37.0 Å². The Bertz CT molecular complexity index is 1040. The highest BCUT2D eigenvalue weighted by Gasteiger charge is 2.18. The van der Waals surface area contributed by atoms with Gasteiger partial charge in [-0.1, -0.05) is 13.8 Å². The monoisotopic (exact) mass is 417 g/mol. The minimum Gasteiger partial charge on any atom is -0.548 e. The average Bonchev–Trinajstić information content (AvgIpc) is 2.68. The third-order valence-electron chi connectivity index (χ3n) is 4.87. The molecule has 0 aliphatic rings. The van der Waals surface area contributed by atoms with Crippen molar-refractivity contribution in [3.63, 3.8) is 0 Å². The van der Waals surface area contributed by atoms with Crippen molar-refractivity contribution in [3.05, 3.63) is 39.2 Å². The molecular formula is C21H25N2O7-. The van der Waals surface area contributed by atoms with E-state index < -0.39 is 36.0 Å². The van der Waals surface area contributed by atoms with E-state index in [1.165, 1.54) is 0 Å². The first-order valence-electron chi connectivity index (χ1n) is 9.46. The predicted octanol–water partition coefficient (Wildman–Crippen LogP) is 0.104. The second kappa shape index (κ2) is 9.43. The van der Waals surface area contributed by atoms with Crippen molar-refractivity contribution in [2.45, 2.75) is 40.7 Å². The second-order valence-corrected chi connectivity index (χ2v) is 7.38. The molecule has 1 aromatic heterocycles. The molecular weight excluding hydrogens is 392 g/mol. The number of rotatable bonds is 8. The minimum absolute atomic E-state index is 0.360.